The highest BCUT2D eigenvalue weighted by molar-refractivity contribution is 5.14. The Kier molecular flexibility index (Phi) is 6.55. The van der Waals surface area contributed by atoms with Crippen molar-refractivity contribution in [2.24, 2.45) is 17.6 Å². The van der Waals surface area contributed by atoms with Crippen LogP contribution in [0.1, 0.15) is 38.2 Å². The highest BCUT2D eigenvalue weighted by atomic mass is 15.1. The van der Waals surface area contributed by atoms with E-state index in [2.05, 4.69) is 42.2 Å². The van der Waals surface area contributed by atoms with E-state index in [0.29, 0.717) is 0 Å². The summed E-state index contributed by atoms with van der Waals surface area (Å²) in [5.74, 6) is 1.59. The predicted molar refractivity (Wildman–Crippen MR) is 86.8 cm³/mol. The third kappa shape index (κ3) is 4.60. The average molecular weight is 274 g/mol. The number of nitrogens with two attached hydrogens (primary N) is 1. The standard InChI is InChI=1S/C18H30N2/c1-2-17-15-20(13-11-18(17)14-19)12-7-6-10-16-8-4-3-5-9-16/h3-5,8-9,17-18H,2,6-7,10-15,19H2,1H3. The Balaban J connectivity index is 1.65. The topological polar surface area (TPSA) is 29.3 Å². The Hall–Kier alpha value is -0.860. The van der Waals surface area contributed by atoms with E-state index in [0.717, 1.165) is 18.4 Å². The molecule has 1 aromatic carbocycles. The smallest absolute Gasteiger partial charge is 0.00127 e. The summed E-state index contributed by atoms with van der Waals surface area (Å²) in [7, 11) is 0. The first-order valence-electron chi connectivity index (χ1n) is 8.29. The minimum atomic E-state index is 0.764. The molecule has 1 fully saturated rings. The number of likely N-dealkylation sites (tertiary alicyclic amines) is 1. The van der Waals surface area contributed by atoms with Crippen LogP contribution in [0.5, 0.6) is 0 Å². The van der Waals surface area contributed by atoms with Crippen molar-refractivity contribution in [2.75, 3.05) is 26.2 Å². The van der Waals surface area contributed by atoms with Crippen LogP contribution in [0.3, 0.4) is 0 Å². The van der Waals surface area contributed by atoms with Gasteiger partial charge in [0.15, 0.2) is 0 Å². The average Bonchev–Trinajstić information content (AvgIpc) is 2.52. The molecule has 0 aromatic heterocycles. The van der Waals surface area contributed by atoms with Crippen molar-refractivity contribution in [1.29, 1.82) is 0 Å². The summed E-state index contributed by atoms with van der Waals surface area (Å²) in [5.41, 5.74) is 7.36. The van der Waals surface area contributed by atoms with Gasteiger partial charge in [-0.25, -0.2) is 0 Å². The van der Waals surface area contributed by atoms with E-state index < -0.39 is 0 Å². The molecule has 0 radical (unpaired) electrons. The fourth-order valence-electron chi connectivity index (χ4n) is 3.44. The van der Waals surface area contributed by atoms with Crippen LogP contribution in [0, 0.1) is 11.8 Å². The van der Waals surface area contributed by atoms with Gasteiger partial charge in [0, 0.05) is 6.54 Å². The first-order valence-corrected chi connectivity index (χ1v) is 8.29. The van der Waals surface area contributed by atoms with Crippen LogP contribution >= 0.6 is 0 Å². The molecule has 2 rings (SSSR count). The predicted octanol–water partition coefficient (Wildman–Crippen LogP) is 3.32. The van der Waals surface area contributed by atoms with Gasteiger partial charge in [0.1, 0.15) is 0 Å². The number of rotatable bonds is 7. The molecule has 2 N–H and O–H groups in total. The molecule has 0 bridgehead atoms. The summed E-state index contributed by atoms with van der Waals surface area (Å²) >= 11 is 0. The molecule has 1 aromatic rings. The molecule has 0 spiro atoms. The second-order valence-electron chi connectivity index (χ2n) is 6.20. The van der Waals surface area contributed by atoms with Crippen molar-refractivity contribution in [2.45, 2.75) is 39.0 Å². The fourth-order valence-corrected chi connectivity index (χ4v) is 3.44. The number of unbranched alkanes of at least 4 members (excludes halogenated alkanes) is 1. The quantitative estimate of drug-likeness (QED) is 0.773. The molecule has 112 valence electrons. The van der Waals surface area contributed by atoms with Gasteiger partial charge < -0.3 is 10.6 Å². The summed E-state index contributed by atoms with van der Waals surface area (Å²) in [6.45, 7) is 6.97. The highest BCUT2D eigenvalue weighted by Crippen LogP contribution is 2.25. The lowest BCUT2D eigenvalue weighted by Crippen LogP contribution is -2.43. The third-order valence-corrected chi connectivity index (χ3v) is 4.84. The van der Waals surface area contributed by atoms with Crippen molar-refractivity contribution >= 4 is 0 Å². The molecule has 1 heterocycles. The van der Waals surface area contributed by atoms with Crippen molar-refractivity contribution in [3.63, 3.8) is 0 Å². The molecule has 0 aliphatic carbocycles. The zero-order valence-electron chi connectivity index (χ0n) is 12.9. The monoisotopic (exact) mass is 274 g/mol. The molecular formula is C18H30N2. The number of hydrogen-bond donors (Lipinski definition) is 1. The lowest BCUT2D eigenvalue weighted by Gasteiger charge is -2.37. The Bertz CT molecular complexity index is 363. The van der Waals surface area contributed by atoms with Gasteiger partial charge in [-0.1, -0.05) is 43.7 Å². The number of benzene rings is 1. The van der Waals surface area contributed by atoms with Gasteiger partial charge in [-0.2, -0.15) is 0 Å². The molecule has 1 aliphatic heterocycles. The van der Waals surface area contributed by atoms with Gasteiger partial charge in [-0.15, -0.1) is 0 Å². The maximum absolute atomic E-state index is 5.88. The SMILES string of the molecule is CCC1CN(CCCCc2ccccc2)CCC1CN. The van der Waals surface area contributed by atoms with Crippen LogP contribution < -0.4 is 5.73 Å². The van der Waals surface area contributed by atoms with Crippen LogP contribution in [0.2, 0.25) is 0 Å². The molecule has 1 saturated heterocycles. The summed E-state index contributed by atoms with van der Waals surface area (Å²) in [6, 6.07) is 10.8. The van der Waals surface area contributed by atoms with Crippen molar-refractivity contribution < 1.29 is 0 Å². The minimum absolute atomic E-state index is 0.764. The fraction of sp³-hybridized carbons (Fsp3) is 0.667. The number of piperidine rings is 1. The number of hydrogen-bond acceptors (Lipinski definition) is 2. The van der Waals surface area contributed by atoms with Crippen LogP contribution in [0.4, 0.5) is 0 Å². The first-order chi connectivity index (χ1) is 9.83. The van der Waals surface area contributed by atoms with E-state index in [1.807, 2.05) is 0 Å². The largest absolute Gasteiger partial charge is 0.330 e. The lowest BCUT2D eigenvalue weighted by atomic mass is 9.84. The van der Waals surface area contributed by atoms with E-state index in [9.17, 15) is 0 Å². The van der Waals surface area contributed by atoms with E-state index in [1.165, 1.54) is 57.3 Å². The van der Waals surface area contributed by atoms with Gasteiger partial charge in [0.2, 0.25) is 0 Å². The molecule has 2 unspecified atom stereocenters. The maximum atomic E-state index is 5.88. The molecule has 0 saturated carbocycles. The van der Waals surface area contributed by atoms with E-state index in [-0.39, 0.29) is 0 Å². The summed E-state index contributed by atoms with van der Waals surface area (Å²) in [6.07, 6.45) is 6.42. The van der Waals surface area contributed by atoms with E-state index in [1.54, 1.807) is 0 Å². The van der Waals surface area contributed by atoms with Crippen LogP contribution in [-0.4, -0.2) is 31.1 Å². The zero-order valence-corrected chi connectivity index (χ0v) is 12.9. The molecule has 2 atom stereocenters. The van der Waals surface area contributed by atoms with Crippen molar-refractivity contribution in [3.8, 4) is 0 Å². The Morgan fingerprint density at radius 2 is 1.95 bits per heavy atom. The van der Waals surface area contributed by atoms with Crippen molar-refractivity contribution in [3.05, 3.63) is 35.9 Å². The molecule has 0 amide bonds. The Labute approximate surface area is 124 Å². The molecule has 2 heteroatoms. The van der Waals surface area contributed by atoms with Gasteiger partial charge >= 0.3 is 0 Å². The molecule has 1 aliphatic rings. The normalized spacial score (nSPS) is 23.9. The minimum Gasteiger partial charge on any atom is -0.330 e. The lowest BCUT2D eigenvalue weighted by molar-refractivity contribution is 0.118. The second kappa shape index (κ2) is 8.43. The second-order valence-corrected chi connectivity index (χ2v) is 6.20. The third-order valence-electron chi connectivity index (χ3n) is 4.84. The van der Waals surface area contributed by atoms with Crippen LogP contribution in [0.25, 0.3) is 0 Å². The van der Waals surface area contributed by atoms with Crippen LogP contribution in [-0.2, 0) is 6.42 Å². The highest BCUT2D eigenvalue weighted by Gasteiger charge is 2.26. The summed E-state index contributed by atoms with van der Waals surface area (Å²) < 4.78 is 0. The van der Waals surface area contributed by atoms with Gasteiger partial charge in [0.05, 0.1) is 0 Å². The number of nitrogens with zero attached hydrogens (tertiary/aromatic N) is 1. The number of aryl methyl sites for hydroxylation is 1. The Morgan fingerprint density at radius 3 is 2.65 bits per heavy atom. The van der Waals surface area contributed by atoms with Crippen LogP contribution in [0.15, 0.2) is 30.3 Å². The van der Waals surface area contributed by atoms with Gasteiger partial charge in [-0.05, 0) is 62.7 Å². The molecule has 20 heavy (non-hydrogen) atoms. The summed E-state index contributed by atoms with van der Waals surface area (Å²) in [5, 5.41) is 0. The first kappa shape index (κ1) is 15.5. The summed E-state index contributed by atoms with van der Waals surface area (Å²) in [4.78, 5) is 2.66. The Morgan fingerprint density at radius 1 is 1.15 bits per heavy atom. The van der Waals surface area contributed by atoms with E-state index in [4.69, 9.17) is 5.73 Å². The van der Waals surface area contributed by atoms with E-state index >= 15 is 0 Å². The molecule has 2 nitrogen and oxygen atoms in total. The van der Waals surface area contributed by atoms with Crippen molar-refractivity contribution in [1.82, 2.24) is 4.90 Å². The zero-order chi connectivity index (χ0) is 14.2. The molecular weight excluding hydrogens is 244 g/mol. The van der Waals surface area contributed by atoms with Gasteiger partial charge in [0.25, 0.3) is 0 Å². The maximum Gasteiger partial charge on any atom is 0.00127 e. The van der Waals surface area contributed by atoms with Gasteiger partial charge in [-0.3, -0.25) is 0 Å².